The molecule has 11 heteroatoms. The number of rotatable bonds is 4. The van der Waals surface area contributed by atoms with E-state index in [0.717, 1.165) is 27.8 Å². The Labute approximate surface area is 229 Å². The van der Waals surface area contributed by atoms with E-state index in [0.29, 0.717) is 16.8 Å². The molecule has 0 aliphatic heterocycles. The third kappa shape index (κ3) is 11.3. The monoisotopic (exact) mass is 730 g/mol. The van der Waals surface area contributed by atoms with Crippen LogP contribution in [0.2, 0.25) is 0 Å². The summed E-state index contributed by atoms with van der Waals surface area (Å²) in [5, 5.41) is 10.5. The number of aryl methyl sites for hydroxylation is 2. The van der Waals surface area contributed by atoms with Crippen molar-refractivity contribution in [2.24, 2.45) is 0 Å². The predicted molar refractivity (Wildman–Crippen MR) is 145 cm³/mol. The lowest BCUT2D eigenvalue weighted by Crippen LogP contribution is -1.93. The highest BCUT2D eigenvalue weighted by Crippen LogP contribution is 2.22. The molecule has 0 aliphatic rings. The molecule has 0 fully saturated rings. The van der Waals surface area contributed by atoms with Crippen molar-refractivity contribution in [3.8, 4) is 5.75 Å². The Bertz CT molecular complexity index is 1100. The zero-order valence-electron chi connectivity index (χ0n) is 17.5. The maximum atomic E-state index is 13.0. The molecule has 0 saturated heterocycles. The lowest BCUT2D eigenvalue weighted by molar-refractivity contribution is 0.285. The van der Waals surface area contributed by atoms with Crippen LogP contribution >= 0.6 is 77.1 Å². The second-order valence-corrected chi connectivity index (χ2v) is 12.0. The molecule has 0 atom stereocenters. The molecule has 4 nitrogen and oxygen atoms in total. The predicted octanol–water partition coefficient (Wildman–Crippen LogP) is 8.07. The molecule has 0 spiro atoms. The number of nitrogens with zero attached hydrogens (tertiary/aromatic N) is 2. The summed E-state index contributed by atoms with van der Waals surface area (Å²) >= 11 is 11.5. The van der Waals surface area contributed by atoms with E-state index in [1.165, 1.54) is 35.6 Å². The number of thiazole rings is 2. The Morgan fingerprint density at radius 2 is 1.42 bits per heavy atom. The van der Waals surface area contributed by atoms with Crippen molar-refractivity contribution in [2.45, 2.75) is 27.1 Å². The molecule has 33 heavy (non-hydrogen) atoms. The van der Waals surface area contributed by atoms with E-state index in [4.69, 9.17) is 9.84 Å². The number of hydrogen-bond donors (Lipinski definition) is 1. The van der Waals surface area contributed by atoms with Gasteiger partial charge in [0.05, 0.1) is 26.4 Å². The van der Waals surface area contributed by atoms with Crippen LogP contribution < -0.4 is 4.74 Å². The van der Waals surface area contributed by atoms with Crippen molar-refractivity contribution in [2.75, 3.05) is 0 Å². The van der Waals surface area contributed by atoms with Gasteiger partial charge in [-0.05, 0) is 66.8 Å². The van der Waals surface area contributed by atoms with Gasteiger partial charge in [-0.2, -0.15) is 0 Å². The number of aromatic nitrogens is 2. The van der Waals surface area contributed by atoms with Crippen LogP contribution in [0.3, 0.4) is 0 Å². The van der Waals surface area contributed by atoms with Crippen LogP contribution in [0.1, 0.15) is 19.8 Å². The highest BCUT2D eigenvalue weighted by Gasteiger charge is 2.02. The van der Waals surface area contributed by atoms with Gasteiger partial charge in [-0.15, -0.1) is 22.7 Å². The SMILES string of the molecule is Cc1ncc(CO)s1.Cc1ncc(COc2cc(F)cc(Br)c2)s1.Fc1cc(Br)cc(I)c1. The van der Waals surface area contributed by atoms with Gasteiger partial charge in [-0.1, -0.05) is 31.9 Å². The molecule has 0 aliphatic carbocycles. The summed E-state index contributed by atoms with van der Waals surface area (Å²) in [6.07, 6.45) is 3.47. The second kappa shape index (κ2) is 14.4. The highest BCUT2D eigenvalue weighted by molar-refractivity contribution is 14.1. The summed E-state index contributed by atoms with van der Waals surface area (Å²) in [6, 6.07) is 9.25. The van der Waals surface area contributed by atoms with E-state index in [2.05, 4.69) is 64.4 Å². The van der Waals surface area contributed by atoms with E-state index < -0.39 is 0 Å². The van der Waals surface area contributed by atoms with Crippen LogP contribution in [0.5, 0.6) is 5.75 Å². The molecule has 2 aromatic carbocycles. The molecule has 2 aromatic heterocycles. The van der Waals surface area contributed by atoms with Crippen molar-refractivity contribution in [3.63, 3.8) is 0 Å². The summed E-state index contributed by atoms with van der Waals surface area (Å²) < 4.78 is 33.3. The van der Waals surface area contributed by atoms with Crippen LogP contribution in [0.4, 0.5) is 8.78 Å². The minimum atomic E-state index is -0.315. The molecule has 4 rings (SSSR count). The molecule has 1 N–H and O–H groups in total. The largest absolute Gasteiger partial charge is 0.488 e. The molecule has 2 heterocycles. The topological polar surface area (TPSA) is 55.2 Å². The Morgan fingerprint density at radius 1 is 0.879 bits per heavy atom. The van der Waals surface area contributed by atoms with E-state index >= 15 is 0 Å². The van der Waals surface area contributed by atoms with Crippen LogP contribution in [0.15, 0.2) is 57.7 Å². The molecule has 0 saturated carbocycles. The number of ether oxygens (including phenoxy) is 1. The minimum Gasteiger partial charge on any atom is -0.488 e. The van der Waals surface area contributed by atoms with Gasteiger partial charge in [-0.25, -0.2) is 18.7 Å². The first-order chi connectivity index (χ1) is 15.6. The normalized spacial score (nSPS) is 10.1. The van der Waals surface area contributed by atoms with E-state index in [1.807, 2.05) is 19.9 Å². The smallest absolute Gasteiger partial charge is 0.128 e. The van der Waals surface area contributed by atoms with Crippen molar-refractivity contribution in [3.05, 3.63) is 92.7 Å². The van der Waals surface area contributed by atoms with Gasteiger partial charge in [0.25, 0.3) is 0 Å². The van der Waals surface area contributed by atoms with Crippen LogP contribution in [-0.4, -0.2) is 15.1 Å². The van der Waals surface area contributed by atoms with Gasteiger partial charge in [0.2, 0.25) is 0 Å². The number of benzene rings is 2. The van der Waals surface area contributed by atoms with Crippen molar-refractivity contribution in [1.29, 1.82) is 0 Å². The number of aliphatic hydroxyl groups is 1. The quantitative estimate of drug-likeness (QED) is 0.216. The first-order valence-electron chi connectivity index (χ1n) is 9.28. The van der Waals surface area contributed by atoms with Crippen molar-refractivity contribution in [1.82, 2.24) is 9.97 Å². The maximum Gasteiger partial charge on any atom is 0.128 e. The average molecular weight is 732 g/mol. The molecule has 0 radical (unpaired) electrons. The Kier molecular flexibility index (Phi) is 12.3. The van der Waals surface area contributed by atoms with Gasteiger partial charge < -0.3 is 9.84 Å². The summed E-state index contributed by atoms with van der Waals surface area (Å²) in [5.41, 5.74) is 0. The fourth-order valence-corrected chi connectivity index (χ4v) is 5.57. The van der Waals surface area contributed by atoms with Gasteiger partial charge >= 0.3 is 0 Å². The van der Waals surface area contributed by atoms with Gasteiger partial charge in [0.1, 0.15) is 24.0 Å². The molecule has 176 valence electrons. The van der Waals surface area contributed by atoms with Crippen molar-refractivity contribution < 1.29 is 18.6 Å². The van der Waals surface area contributed by atoms with Gasteiger partial charge in [-0.3, -0.25) is 0 Å². The molecule has 0 amide bonds. The fraction of sp³-hybridized carbons (Fsp3) is 0.182. The third-order valence-electron chi connectivity index (χ3n) is 3.54. The Morgan fingerprint density at radius 3 is 1.85 bits per heavy atom. The number of aliphatic hydroxyl groups excluding tert-OH is 1. The van der Waals surface area contributed by atoms with E-state index in [9.17, 15) is 8.78 Å². The van der Waals surface area contributed by atoms with Gasteiger partial charge in [0, 0.05) is 31.0 Å². The lowest BCUT2D eigenvalue weighted by atomic mass is 10.3. The van der Waals surface area contributed by atoms with E-state index in [-0.39, 0.29) is 18.2 Å². The fourth-order valence-electron chi connectivity index (χ4n) is 2.24. The average Bonchev–Trinajstić information content (AvgIpc) is 3.33. The third-order valence-corrected chi connectivity index (χ3v) is 6.86. The summed E-state index contributed by atoms with van der Waals surface area (Å²) in [6.45, 7) is 4.39. The molecular formula is C22H19Br2F2IN2O2S2. The van der Waals surface area contributed by atoms with E-state index in [1.54, 1.807) is 29.8 Å². The van der Waals surface area contributed by atoms with Gasteiger partial charge in [0.15, 0.2) is 0 Å². The standard InChI is InChI=1S/C11H9BrFNOS.C6H3BrFI.C5H7NOS/c1-7-14-5-11(16-7)6-15-10-3-8(12)2-9(13)4-10;7-4-1-5(8)3-6(9)2-4;1-4-6-2-5(3-7)8-4/h2-5H,6H2,1H3;1-3H;2,7H,3H2,1H3. The van der Waals surface area contributed by atoms with Crippen LogP contribution in [-0.2, 0) is 13.2 Å². The van der Waals surface area contributed by atoms with Crippen LogP contribution in [0.25, 0.3) is 0 Å². The highest BCUT2D eigenvalue weighted by atomic mass is 127. The van der Waals surface area contributed by atoms with Crippen LogP contribution in [0, 0.1) is 29.1 Å². The first kappa shape index (κ1) is 28.2. The zero-order chi connectivity index (χ0) is 24.4. The number of halogens is 5. The lowest BCUT2D eigenvalue weighted by Gasteiger charge is -2.04. The summed E-state index contributed by atoms with van der Waals surface area (Å²) in [4.78, 5) is 10.0. The second-order valence-electron chi connectivity index (χ2n) is 6.33. The molecule has 0 bridgehead atoms. The molecule has 4 aromatic rings. The summed E-state index contributed by atoms with van der Waals surface area (Å²) in [5.74, 6) is -0.00318. The maximum absolute atomic E-state index is 13.0. The van der Waals surface area contributed by atoms with Crippen molar-refractivity contribution >= 4 is 77.1 Å². The summed E-state index contributed by atoms with van der Waals surface area (Å²) in [7, 11) is 0. The first-order valence-corrected chi connectivity index (χ1v) is 13.6. The molecule has 0 unspecified atom stereocenters. The number of hydrogen-bond acceptors (Lipinski definition) is 6. The molecular weight excluding hydrogens is 713 g/mol. The zero-order valence-corrected chi connectivity index (χ0v) is 24.5. The Hall–Kier alpha value is -0.990. The Balaban J connectivity index is 0.000000192. The minimum absolute atomic E-state index is 0.117.